The lowest BCUT2D eigenvalue weighted by Gasteiger charge is -2.25. The molecule has 2 rings (SSSR count). The van der Waals surface area contributed by atoms with E-state index >= 15 is 0 Å². The maximum Gasteiger partial charge on any atom is 0.327 e. The number of carbonyl (C=O) groups is 4. The van der Waals surface area contributed by atoms with Gasteiger partial charge in [-0.2, -0.15) is 0 Å². The molecule has 8 heteroatoms. The molecule has 1 atom stereocenters. The van der Waals surface area contributed by atoms with Crippen LogP contribution in [-0.4, -0.2) is 52.9 Å². The van der Waals surface area contributed by atoms with Crippen LogP contribution in [0.3, 0.4) is 0 Å². The van der Waals surface area contributed by atoms with Crippen LogP contribution in [0.15, 0.2) is 0 Å². The van der Waals surface area contributed by atoms with Gasteiger partial charge in [-0.25, -0.2) is 4.79 Å². The largest absolute Gasteiger partial charge is 0.451 e. The van der Waals surface area contributed by atoms with Gasteiger partial charge in [0.25, 0.3) is 11.8 Å². The molecule has 0 aromatic rings. The number of hydrogen-bond acceptors (Lipinski definition) is 5. The molecular weight excluding hydrogens is 338 g/mol. The van der Waals surface area contributed by atoms with Crippen molar-refractivity contribution in [2.24, 2.45) is 0 Å². The lowest BCUT2D eigenvalue weighted by Crippen LogP contribution is -2.46. The van der Waals surface area contributed by atoms with Crippen LogP contribution < -0.4 is 10.6 Å². The number of imide groups is 1. The first kappa shape index (κ1) is 20.2. The average Bonchev–Trinajstić information content (AvgIpc) is 2.87. The van der Waals surface area contributed by atoms with Crippen LogP contribution in [0.2, 0.25) is 0 Å². The molecule has 0 radical (unpaired) electrons. The first-order valence-electron chi connectivity index (χ1n) is 9.47. The van der Waals surface area contributed by atoms with E-state index in [9.17, 15) is 19.2 Å². The SMILES string of the molecule is CCC1(CC)NC(=O)N(CC(=O)OC(C)C(=O)NC2CCCCC2)C1=O. The quantitative estimate of drug-likeness (QED) is 0.524. The van der Waals surface area contributed by atoms with Crippen LogP contribution in [0.5, 0.6) is 0 Å². The Morgan fingerprint density at radius 3 is 2.38 bits per heavy atom. The summed E-state index contributed by atoms with van der Waals surface area (Å²) in [4.78, 5) is 49.6. The second kappa shape index (κ2) is 8.51. The number of amides is 4. The summed E-state index contributed by atoms with van der Waals surface area (Å²) in [6, 6.07) is -0.479. The zero-order chi connectivity index (χ0) is 19.3. The molecule has 1 saturated heterocycles. The number of nitrogens with zero attached hydrogens (tertiary/aromatic N) is 1. The Morgan fingerprint density at radius 1 is 1.23 bits per heavy atom. The summed E-state index contributed by atoms with van der Waals surface area (Å²) in [6.45, 7) is 4.61. The highest BCUT2D eigenvalue weighted by Gasteiger charge is 2.49. The first-order chi connectivity index (χ1) is 12.3. The molecule has 8 nitrogen and oxygen atoms in total. The van der Waals surface area contributed by atoms with Crippen molar-refractivity contribution < 1.29 is 23.9 Å². The first-order valence-corrected chi connectivity index (χ1v) is 9.47. The van der Waals surface area contributed by atoms with Crippen LogP contribution in [0.25, 0.3) is 0 Å². The van der Waals surface area contributed by atoms with E-state index in [1.54, 1.807) is 13.8 Å². The van der Waals surface area contributed by atoms with Crippen molar-refractivity contribution >= 4 is 23.8 Å². The molecule has 0 bridgehead atoms. The normalized spacial score (nSPS) is 21.3. The Morgan fingerprint density at radius 2 is 1.85 bits per heavy atom. The third-order valence-corrected chi connectivity index (χ3v) is 5.37. The van der Waals surface area contributed by atoms with Crippen LogP contribution in [0, 0.1) is 0 Å². The predicted molar refractivity (Wildman–Crippen MR) is 94.1 cm³/mol. The van der Waals surface area contributed by atoms with Gasteiger partial charge in [0.05, 0.1) is 0 Å². The Labute approximate surface area is 154 Å². The minimum absolute atomic E-state index is 0.123. The van der Waals surface area contributed by atoms with E-state index in [1.807, 2.05) is 0 Å². The van der Waals surface area contributed by atoms with Crippen LogP contribution in [0.1, 0.15) is 65.7 Å². The summed E-state index contributed by atoms with van der Waals surface area (Å²) in [6.07, 6.45) is 5.14. The smallest absolute Gasteiger partial charge is 0.327 e. The van der Waals surface area contributed by atoms with Gasteiger partial charge < -0.3 is 15.4 Å². The Bertz CT molecular complexity index is 567. The minimum Gasteiger partial charge on any atom is -0.451 e. The fourth-order valence-electron chi connectivity index (χ4n) is 3.53. The second-order valence-electron chi connectivity index (χ2n) is 7.09. The molecule has 146 valence electrons. The molecule has 0 aromatic carbocycles. The van der Waals surface area contributed by atoms with Crippen molar-refractivity contribution in [3.63, 3.8) is 0 Å². The maximum atomic E-state index is 12.5. The van der Waals surface area contributed by atoms with Gasteiger partial charge in [-0.05, 0) is 32.6 Å². The molecule has 0 aromatic heterocycles. The number of esters is 1. The Hall–Kier alpha value is -2.12. The predicted octanol–water partition coefficient (Wildman–Crippen LogP) is 1.48. The number of carbonyl (C=O) groups excluding carboxylic acids is 4. The minimum atomic E-state index is -0.965. The molecule has 26 heavy (non-hydrogen) atoms. The van der Waals surface area contributed by atoms with E-state index in [-0.39, 0.29) is 11.9 Å². The molecule has 1 unspecified atom stereocenters. The van der Waals surface area contributed by atoms with E-state index in [0.717, 1.165) is 30.6 Å². The molecular formula is C18H29N3O5. The molecule has 1 saturated carbocycles. The van der Waals surface area contributed by atoms with E-state index in [1.165, 1.54) is 13.3 Å². The standard InChI is InChI=1S/C18H29N3O5/c1-4-18(5-2)16(24)21(17(25)20-18)11-14(22)26-12(3)15(23)19-13-9-7-6-8-10-13/h12-13H,4-11H2,1-3H3,(H,19,23)(H,20,25). The molecule has 1 heterocycles. The third-order valence-electron chi connectivity index (χ3n) is 5.37. The molecule has 4 amide bonds. The molecule has 1 aliphatic carbocycles. The molecule has 2 aliphatic rings. The third kappa shape index (κ3) is 4.34. The highest BCUT2D eigenvalue weighted by atomic mass is 16.5. The molecule has 2 fully saturated rings. The van der Waals surface area contributed by atoms with E-state index < -0.39 is 36.1 Å². The van der Waals surface area contributed by atoms with Gasteiger partial charge >= 0.3 is 12.0 Å². The lowest BCUT2D eigenvalue weighted by molar-refractivity contribution is -0.157. The second-order valence-corrected chi connectivity index (χ2v) is 7.09. The highest BCUT2D eigenvalue weighted by Crippen LogP contribution is 2.24. The van der Waals surface area contributed by atoms with E-state index in [2.05, 4.69) is 10.6 Å². The van der Waals surface area contributed by atoms with Crippen molar-refractivity contribution in [1.82, 2.24) is 15.5 Å². The van der Waals surface area contributed by atoms with Crippen LogP contribution in [0.4, 0.5) is 4.79 Å². The van der Waals surface area contributed by atoms with Gasteiger partial charge in [0.2, 0.25) is 0 Å². The van der Waals surface area contributed by atoms with Gasteiger partial charge in [0, 0.05) is 6.04 Å². The Kier molecular flexibility index (Phi) is 6.61. The van der Waals surface area contributed by atoms with E-state index in [0.29, 0.717) is 12.8 Å². The van der Waals surface area contributed by atoms with Crippen molar-refractivity contribution in [2.75, 3.05) is 6.54 Å². The van der Waals surface area contributed by atoms with Gasteiger partial charge in [-0.3, -0.25) is 19.3 Å². The van der Waals surface area contributed by atoms with Gasteiger partial charge in [0.15, 0.2) is 6.10 Å². The van der Waals surface area contributed by atoms with Gasteiger partial charge in [-0.15, -0.1) is 0 Å². The molecule has 2 N–H and O–H groups in total. The summed E-state index contributed by atoms with van der Waals surface area (Å²) in [5, 5.41) is 5.54. The monoisotopic (exact) mass is 367 g/mol. The number of urea groups is 1. The van der Waals surface area contributed by atoms with Crippen LogP contribution in [-0.2, 0) is 19.1 Å². The molecule has 1 aliphatic heterocycles. The fraction of sp³-hybridized carbons (Fsp3) is 0.778. The number of rotatable bonds is 7. The van der Waals surface area contributed by atoms with Gasteiger partial charge in [0.1, 0.15) is 12.1 Å². The fourth-order valence-corrected chi connectivity index (χ4v) is 3.53. The number of ether oxygens (including phenoxy) is 1. The van der Waals surface area contributed by atoms with Crippen molar-refractivity contribution in [3.8, 4) is 0 Å². The zero-order valence-corrected chi connectivity index (χ0v) is 15.8. The highest BCUT2D eigenvalue weighted by molar-refractivity contribution is 6.08. The van der Waals surface area contributed by atoms with Crippen molar-refractivity contribution in [2.45, 2.75) is 83.4 Å². The van der Waals surface area contributed by atoms with Gasteiger partial charge in [-0.1, -0.05) is 33.1 Å². The van der Waals surface area contributed by atoms with Crippen molar-refractivity contribution in [1.29, 1.82) is 0 Å². The summed E-state index contributed by atoms with van der Waals surface area (Å²) in [5.41, 5.74) is -0.957. The molecule has 0 spiro atoms. The summed E-state index contributed by atoms with van der Waals surface area (Å²) >= 11 is 0. The topological polar surface area (TPSA) is 105 Å². The van der Waals surface area contributed by atoms with Crippen LogP contribution >= 0.6 is 0 Å². The maximum absolute atomic E-state index is 12.5. The zero-order valence-electron chi connectivity index (χ0n) is 15.8. The number of hydrogen-bond donors (Lipinski definition) is 2. The summed E-state index contributed by atoms with van der Waals surface area (Å²) in [7, 11) is 0. The summed E-state index contributed by atoms with van der Waals surface area (Å²) in [5.74, 6) is -1.55. The van der Waals surface area contributed by atoms with E-state index in [4.69, 9.17) is 4.74 Å². The average molecular weight is 367 g/mol. The summed E-state index contributed by atoms with van der Waals surface area (Å²) < 4.78 is 5.12. The number of nitrogens with one attached hydrogen (secondary N) is 2. The lowest BCUT2D eigenvalue weighted by atomic mass is 9.93. The van der Waals surface area contributed by atoms with Crippen molar-refractivity contribution in [3.05, 3.63) is 0 Å². The Balaban J connectivity index is 1.86.